The van der Waals surface area contributed by atoms with Crippen molar-refractivity contribution >= 4 is 47.2 Å². The Morgan fingerprint density at radius 3 is 1.76 bits per heavy atom. The zero-order valence-electron chi connectivity index (χ0n) is 33.0. The van der Waals surface area contributed by atoms with Crippen LogP contribution in [-0.2, 0) is 16.2 Å². The van der Waals surface area contributed by atoms with Crippen LogP contribution in [0, 0.1) is 0 Å². The molecule has 50 heavy (non-hydrogen) atoms. The van der Waals surface area contributed by atoms with E-state index in [0.717, 1.165) is 26.5 Å². The average molecular weight is 706 g/mol. The summed E-state index contributed by atoms with van der Waals surface area (Å²) in [7, 11) is -2.66. The molecular weight excluding hydrogens is 657 g/mol. The summed E-state index contributed by atoms with van der Waals surface area (Å²) in [5, 5.41) is 4.14. The predicted molar refractivity (Wildman–Crippen MR) is 219 cm³/mol. The molecule has 0 aromatic heterocycles. The maximum atomic E-state index is 8.89. The Morgan fingerprint density at radius 1 is 0.540 bits per heavy atom. The lowest BCUT2D eigenvalue weighted by Crippen LogP contribution is -2.65. The number of rotatable bonds is 4. The number of hydrogen-bond acceptors (Lipinski definition) is 2. The number of fused-ring (bicyclic) bond motifs is 4. The van der Waals surface area contributed by atoms with E-state index in [2.05, 4.69) is 150 Å². The van der Waals surface area contributed by atoms with Gasteiger partial charge in [-0.3, -0.25) is 0 Å². The van der Waals surface area contributed by atoms with Crippen LogP contribution in [0.5, 0.6) is 0 Å². The fourth-order valence-electron chi connectivity index (χ4n) is 8.32. The molecule has 6 aromatic carbocycles. The molecule has 2 atom stereocenters. The first kappa shape index (κ1) is 29.9. The molecule has 250 valence electrons. The molecule has 2 unspecified atom stereocenters. The molecule has 0 saturated heterocycles. The van der Waals surface area contributed by atoms with Crippen LogP contribution in [0.25, 0.3) is 11.1 Å². The molecule has 0 saturated carbocycles. The van der Waals surface area contributed by atoms with Crippen molar-refractivity contribution in [2.75, 3.05) is 0 Å². The Kier molecular flexibility index (Phi) is 7.12. The maximum absolute atomic E-state index is 8.89. The van der Waals surface area contributed by atoms with Crippen LogP contribution < -0.4 is 15.6 Å². The van der Waals surface area contributed by atoms with Gasteiger partial charge in [0.05, 0.1) is 0 Å². The van der Waals surface area contributed by atoms with Gasteiger partial charge in [0.2, 0.25) is 0 Å². The highest BCUT2D eigenvalue weighted by Crippen LogP contribution is 2.53. The Bertz CT molecular complexity index is 2390. The first-order valence-corrected chi connectivity index (χ1v) is 21.7. The van der Waals surface area contributed by atoms with E-state index >= 15 is 0 Å². The van der Waals surface area contributed by atoms with E-state index in [1.54, 1.807) is 11.8 Å². The molecule has 0 aliphatic carbocycles. The zero-order chi connectivity index (χ0) is 37.6. The highest BCUT2D eigenvalue weighted by Gasteiger charge is 2.42. The SMILES string of the molecule is [2H]C([2H])([2H])C1(C)c2ccccc2Sc2c(-c3cc([Si](C)(c4ccccc4)c4cccc5c4Sc4ccccc4C5(C)C)ccc3C(C)(C)C)cccc21. The summed E-state index contributed by atoms with van der Waals surface area (Å²) < 4.78 is 26.7. The van der Waals surface area contributed by atoms with Crippen LogP contribution in [0.1, 0.15) is 80.3 Å². The molecule has 0 fully saturated rings. The average Bonchev–Trinajstić information content (AvgIpc) is 3.13. The normalized spacial score (nSPS) is 19.8. The number of hydrogen-bond donors (Lipinski definition) is 0. The topological polar surface area (TPSA) is 0 Å². The summed E-state index contributed by atoms with van der Waals surface area (Å²) in [4.78, 5) is 4.77. The second-order valence-corrected chi connectivity index (χ2v) is 21.9. The molecule has 0 spiro atoms. The summed E-state index contributed by atoms with van der Waals surface area (Å²) in [5.74, 6) is 0. The van der Waals surface area contributed by atoms with Crippen molar-refractivity contribution in [2.24, 2.45) is 0 Å². The van der Waals surface area contributed by atoms with Gasteiger partial charge >= 0.3 is 0 Å². The van der Waals surface area contributed by atoms with Crippen LogP contribution >= 0.6 is 23.5 Å². The monoisotopic (exact) mass is 705 g/mol. The maximum Gasteiger partial charge on any atom is 0.146 e. The van der Waals surface area contributed by atoms with Gasteiger partial charge in [-0.1, -0.05) is 200 Å². The van der Waals surface area contributed by atoms with Crippen molar-refractivity contribution in [3.63, 3.8) is 0 Å². The van der Waals surface area contributed by atoms with Crippen molar-refractivity contribution in [2.45, 2.75) is 90.8 Å². The quantitative estimate of drug-likeness (QED) is 0.132. The first-order valence-electron chi connectivity index (χ1n) is 19.1. The molecular formula is C47H46S2Si. The van der Waals surface area contributed by atoms with E-state index in [0.29, 0.717) is 0 Å². The Hall–Kier alpha value is -3.76. The third-order valence-corrected chi connectivity index (χ3v) is 18.3. The lowest BCUT2D eigenvalue weighted by molar-refractivity contribution is 0.591. The fourth-order valence-corrected chi connectivity index (χ4v) is 15.6. The van der Waals surface area contributed by atoms with Crippen molar-refractivity contribution in [1.29, 1.82) is 0 Å². The van der Waals surface area contributed by atoms with Crippen molar-refractivity contribution in [3.8, 4) is 11.1 Å². The lowest BCUT2D eigenvalue weighted by Gasteiger charge is -2.39. The minimum absolute atomic E-state index is 0.132. The first-order chi connectivity index (χ1) is 25.1. The molecule has 2 aliphatic rings. The van der Waals surface area contributed by atoms with E-state index in [9.17, 15) is 0 Å². The molecule has 6 aromatic rings. The third-order valence-electron chi connectivity index (χ3n) is 11.2. The Balaban J connectivity index is 1.41. The van der Waals surface area contributed by atoms with Gasteiger partial charge < -0.3 is 0 Å². The molecule has 0 bridgehead atoms. The predicted octanol–water partition coefficient (Wildman–Crippen LogP) is 11.3. The molecule has 0 nitrogen and oxygen atoms in total. The number of benzene rings is 6. The summed E-state index contributed by atoms with van der Waals surface area (Å²) >= 11 is 3.65. The molecule has 0 radical (unpaired) electrons. The highest BCUT2D eigenvalue weighted by atomic mass is 32.2. The van der Waals surface area contributed by atoms with Crippen LogP contribution in [-0.4, -0.2) is 8.07 Å². The highest BCUT2D eigenvalue weighted by molar-refractivity contribution is 8.00. The van der Waals surface area contributed by atoms with Crippen LogP contribution in [0.3, 0.4) is 0 Å². The standard InChI is InChI=1S/C47H46S2Si/c1-45(2,3)35-29-28-32(30-34(35)33-20-16-23-38-43(33)48-40-25-14-12-21-36(40)46(38,4)5)50(8,31-18-10-9-11-19-31)42-27-17-24-39-44(42)49-41-26-15-13-22-37(41)47(39,6)7/h9-30H,1-8H3/i4D3. The lowest BCUT2D eigenvalue weighted by atomic mass is 9.76. The minimum Gasteiger partial charge on any atom is -0.0895 e. The molecule has 0 N–H and O–H groups in total. The fraction of sp³-hybridized carbons (Fsp3) is 0.234. The second kappa shape index (κ2) is 11.9. The summed E-state index contributed by atoms with van der Waals surface area (Å²) in [6.07, 6.45) is 0. The van der Waals surface area contributed by atoms with Gasteiger partial charge in [0.1, 0.15) is 8.07 Å². The Morgan fingerprint density at radius 2 is 1.10 bits per heavy atom. The molecule has 0 amide bonds. The Labute approximate surface area is 313 Å². The summed E-state index contributed by atoms with van der Waals surface area (Å²) in [6, 6.07) is 48.7. The summed E-state index contributed by atoms with van der Waals surface area (Å²) in [5.41, 5.74) is 6.64. The van der Waals surface area contributed by atoms with Gasteiger partial charge in [-0.25, -0.2) is 0 Å². The van der Waals surface area contributed by atoms with E-state index in [-0.39, 0.29) is 10.8 Å². The van der Waals surface area contributed by atoms with E-state index in [1.165, 1.54) is 47.6 Å². The molecule has 8 rings (SSSR count). The largest absolute Gasteiger partial charge is 0.146 e. The second-order valence-electron chi connectivity index (χ2n) is 15.8. The van der Waals surface area contributed by atoms with Crippen molar-refractivity contribution < 1.29 is 4.11 Å². The van der Waals surface area contributed by atoms with Gasteiger partial charge in [0.15, 0.2) is 0 Å². The van der Waals surface area contributed by atoms with E-state index < -0.39 is 20.3 Å². The van der Waals surface area contributed by atoms with Crippen LogP contribution in [0.2, 0.25) is 6.55 Å². The van der Waals surface area contributed by atoms with Gasteiger partial charge in [0.25, 0.3) is 0 Å². The van der Waals surface area contributed by atoms with Crippen LogP contribution in [0.4, 0.5) is 0 Å². The van der Waals surface area contributed by atoms with Crippen LogP contribution in [0.15, 0.2) is 153 Å². The zero-order valence-corrected chi connectivity index (χ0v) is 32.7. The van der Waals surface area contributed by atoms with Gasteiger partial charge in [-0.15, -0.1) is 0 Å². The molecule has 2 aliphatic heterocycles. The van der Waals surface area contributed by atoms with E-state index in [1.807, 2.05) is 43.0 Å². The van der Waals surface area contributed by atoms with Gasteiger partial charge in [-0.2, -0.15) is 0 Å². The van der Waals surface area contributed by atoms with Gasteiger partial charge in [-0.05, 0) is 72.1 Å². The van der Waals surface area contributed by atoms with Crippen molar-refractivity contribution in [3.05, 3.63) is 161 Å². The van der Waals surface area contributed by atoms with E-state index in [4.69, 9.17) is 4.11 Å². The van der Waals surface area contributed by atoms with Crippen molar-refractivity contribution in [1.82, 2.24) is 0 Å². The third kappa shape index (κ3) is 5.11. The van der Waals surface area contributed by atoms with Gasteiger partial charge in [0, 0.05) is 34.5 Å². The summed E-state index contributed by atoms with van der Waals surface area (Å²) in [6.45, 7) is 13.8. The smallest absolute Gasteiger partial charge is 0.0895 e. The molecule has 2 heterocycles. The minimum atomic E-state index is -2.66. The molecule has 3 heteroatoms.